The van der Waals surface area contributed by atoms with E-state index in [4.69, 9.17) is 4.74 Å². The predicted molar refractivity (Wildman–Crippen MR) is 49.7 cm³/mol. The lowest BCUT2D eigenvalue weighted by Gasteiger charge is -2.19. The average Bonchev–Trinajstić information content (AvgIpc) is 2.25. The monoisotopic (exact) mass is 162 g/mol. The van der Waals surface area contributed by atoms with Crippen LogP contribution in [-0.2, 0) is 4.74 Å². The first-order chi connectivity index (χ1) is 5.86. The van der Waals surface area contributed by atoms with Gasteiger partial charge in [0.1, 0.15) is 5.76 Å². The molecule has 1 saturated heterocycles. The normalized spacial score (nSPS) is 27.9. The molecule has 0 saturated carbocycles. The first-order valence-electron chi connectivity index (χ1n) is 4.58. The summed E-state index contributed by atoms with van der Waals surface area (Å²) in [5.41, 5.74) is 1.36. The van der Waals surface area contributed by atoms with E-state index in [1.165, 1.54) is 12.0 Å². The first kappa shape index (κ1) is 7.66. The molecule has 1 unspecified atom stereocenters. The van der Waals surface area contributed by atoms with Crippen LogP contribution < -0.4 is 0 Å². The molecule has 0 N–H and O–H groups in total. The maximum absolute atomic E-state index is 5.59. The molecule has 0 aromatic heterocycles. The molecule has 1 nitrogen and oxygen atoms in total. The van der Waals surface area contributed by atoms with Crippen LogP contribution in [0.25, 0.3) is 0 Å². The molecule has 64 valence electrons. The van der Waals surface area contributed by atoms with Crippen molar-refractivity contribution in [3.05, 3.63) is 35.6 Å². The highest BCUT2D eigenvalue weighted by molar-refractivity contribution is 5.34. The van der Waals surface area contributed by atoms with E-state index >= 15 is 0 Å². The van der Waals surface area contributed by atoms with Crippen molar-refractivity contribution in [2.24, 2.45) is 5.92 Å². The Morgan fingerprint density at radius 2 is 2.42 bits per heavy atom. The number of allylic oxidation sites excluding steroid dienone is 5. The minimum atomic E-state index is 0.506. The second kappa shape index (κ2) is 3.18. The van der Waals surface area contributed by atoms with E-state index < -0.39 is 0 Å². The van der Waals surface area contributed by atoms with Gasteiger partial charge in [0.2, 0.25) is 0 Å². The topological polar surface area (TPSA) is 9.23 Å². The van der Waals surface area contributed by atoms with Crippen LogP contribution in [0.1, 0.15) is 19.8 Å². The molecule has 0 bridgehead atoms. The van der Waals surface area contributed by atoms with Crippen LogP contribution in [0, 0.1) is 5.92 Å². The summed E-state index contributed by atoms with van der Waals surface area (Å²) in [5, 5.41) is 0. The molecule has 1 heterocycles. The fourth-order valence-corrected chi connectivity index (χ4v) is 1.62. The van der Waals surface area contributed by atoms with Crippen molar-refractivity contribution >= 4 is 0 Å². The van der Waals surface area contributed by atoms with Gasteiger partial charge in [-0.05, 0) is 30.4 Å². The molecule has 0 radical (unpaired) electrons. The molecule has 1 atom stereocenters. The number of ether oxygens (including phenoxy) is 1. The summed E-state index contributed by atoms with van der Waals surface area (Å²) in [6, 6.07) is 0. The molecule has 2 rings (SSSR count). The van der Waals surface area contributed by atoms with Gasteiger partial charge in [-0.3, -0.25) is 0 Å². The SMILES string of the molecule is CC1C=CC=C2CCCOC2=C1. The van der Waals surface area contributed by atoms with Crippen LogP contribution in [0.4, 0.5) is 0 Å². The summed E-state index contributed by atoms with van der Waals surface area (Å²) in [6.07, 6.45) is 11.0. The van der Waals surface area contributed by atoms with Crippen molar-refractivity contribution in [3.8, 4) is 0 Å². The van der Waals surface area contributed by atoms with E-state index in [1.807, 2.05) is 0 Å². The molecule has 2 aliphatic rings. The number of hydrogen-bond acceptors (Lipinski definition) is 1. The Bertz CT molecular complexity index is 258. The van der Waals surface area contributed by atoms with Crippen LogP contribution in [0.5, 0.6) is 0 Å². The lowest BCUT2D eigenvalue weighted by molar-refractivity contribution is 0.192. The predicted octanol–water partition coefficient (Wildman–Crippen LogP) is 2.81. The van der Waals surface area contributed by atoms with Gasteiger partial charge in [-0.1, -0.05) is 25.2 Å². The van der Waals surface area contributed by atoms with Crippen molar-refractivity contribution in [1.82, 2.24) is 0 Å². The van der Waals surface area contributed by atoms with Gasteiger partial charge in [0.05, 0.1) is 6.61 Å². The van der Waals surface area contributed by atoms with Gasteiger partial charge in [0.15, 0.2) is 0 Å². The molecule has 0 spiro atoms. The van der Waals surface area contributed by atoms with Gasteiger partial charge >= 0.3 is 0 Å². The zero-order chi connectivity index (χ0) is 8.39. The lowest BCUT2D eigenvalue weighted by atomic mass is 10.0. The minimum Gasteiger partial charge on any atom is -0.494 e. The van der Waals surface area contributed by atoms with E-state index in [0.29, 0.717) is 5.92 Å². The highest BCUT2D eigenvalue weighted by atomic mass is 16.5. The second-order valence-electron chi connectivity index (χ2n) is 3.42. The Kier molecular flexibility index (Phi) is 2.03. The van der Waals surface area contributed by atoms with E-state index in [-0.39, 0.29) is 0 Å². The van der Waals surface area contributed by atoms with Crippen molar-refractivity contribution in [2.45, 2.75) is 19.8 Å². The number of fused-ring (bicyclic) bond motifs is 1. The van der Waals surface area contributed by atoms with Crippen molar-refractivity contribution in [2.75, 3.05) is 6.61 Å². The van der Waals surface area contributed by atoms with Gasteiger partial charge in [0.25, 0.3) is 0 Å². The lowest BCUT2D eigenvalue weighted by Crippen LogP contribution is -2.06. The first-order valence-corrected chi connectivity index (χ1v) is 4.58. The maximum Gasteiger partial charge on any atom is 0.119 e. The molecular weight excluding hydrogens is 148 g/mol. The summed E-state index contributed by atoms with van der Waals surface area (Å²) >= 11 is 0. The zero-order valence-corrected chi connectivity index (χ0v) is 7.42. The van der Waals surface area contributed by atoms with Crippen LogP contribution in [0.2, 0.25) is 0 Å². The summed E-state index contributed by atoms with van der Waals surface area (Å²) in [7, 11) is 0. The Hall–Kier alpha value is -0.980. The summed E-state index contributed by atoms with van der Waals surface area (Å²) in [4.78, 5) is 0. The van der Waals surface area contributed by atoms with Gasteiger partial charge in [0, 0.05) is 0 Å². The molecule has 0 aromatic rings. The summed E-state index contributed by atoms with van der Waals surface area (Å²) in [6.45, 7) is 3.06. The summed E-state index contributed by atoms with van der Waals surface area (Å²) < 4.78 is 5.59. The molecule has 1 aliphatic carbocycles. The Morgan fingerprint density at radius 3 is 3.33 bits per heavy atom. The van der Waals surface area contributed by atoms with Gasteiger partial charge in [-0.2, -0.15) is 0 Å². The molecule has 0 amide bonds. The Labute approximate surface area is 73.4 Å². The highest BCUT2D eigenvalue weighted by Gasteiger charge is 2.13. The molecule has 1 aliphatic heterocycles. The van der Waals surface area contributed by atoms with Gasteiger partial charge in [-0.15, -0.1) is 0 Å². The van der Waals surface area contributed by atoms with E-state index in [2.05, 4.69) is 31.2 Å². The summed E-state index contributed by atoms with van der Waals surface area (Å²) in [5.74, 6) is 1.62. The Morgan fingerprint density at radius 1 is 1.50 bits per heavy atom. The molecule has 12 heavy (non-hydrogen) atoms. The minimum absolute atomic E-state index is 0.506. The van der Waals surface area contributed by atoms with Crippen molar-refractivity contribution < 1.29 is 4.74 Å². The number of rotatable bonds is 0. The fourth-order valence-electron chi connectivity index (χ4n) is 1.62. The number of hydrogen-bond donors (Lipinski definition) is 0. The van der Waals surface area contributed by atoms with Crippen LogP contribution >= 0.6 is 0 Å². The molecular formula is C11H14O. The maximum atomic E-state index is 5.59. The highest BCUT2D eigenvalue weighted by Crippen LogP contribution is 2.26. The Balaban J connectivity index is 2.28. The second-order valence-corrected chi connectivity index (χ2v) is 3.42. The van der Waals surface area contributed by atoms with E-state index in [9.17, 15) is 0 Å². The molecule has 0 aromatic carbocycles. The van der Waals surface area contributed by atoms with E-state index in [1.54, 1.807) is 0 Å². The third kappa shape index (κ3) is 1.45. The standard InChI is InChI=1S/C11H14O/c1-9-4-2-5-10-6-3-7-12-11(10)8-9/h2,4-5,8-9H,3,6-7H2,1H3. The van der Waals surface area contributed by atoms with Crippen LogP contribution in [0.15, 0.2) is 35.6 Å². The van der Waals surface area contributed by atoms with Crippen molar-refractivity contribution in [3.63, 3.8) is 0 Å². The van der Waals surface area contributed by atoms with Crippen LogP contribution in [-0.4, -0.2) is 6.61 Å². The van der Waals surface area contributed by atoms with Crippen molar-refractivity contribution in [1.29, 1.82) is 0 Å². The molecule has 1 heteroatoms. The third-order valence-electron chi connectivity index (χ3n) is 2.29. The van der Waals surface area contributed by atoms with Gasteiger partial charge in [-0.25, -0.2) is 0 Å². The largest absolute Gasteiger partial charge is 0.494 e. The van der Waals surface area contributed by atoms with Gasteiger partial charge < -0.3 is 4.74 Å². The fraction of sp³-hybridized carbons (Fsp3) is 0.455. The average molecular weight is 162 g/mol. The zero-order valence-electron chi connectivity index (χ0n) is 7.42. The third-order valence-corrected chi connectivity index (χ3v) is 2.29. The smallest absolute Gasteiger partial charge is 0.119 e. The quantitative estimate of drug-likeness (QED) is 0.532. The van der Waals surface area contributed by atoms with E-state index in [0.717, 1.165) is 18.8 Å². The molecule has 1 fully saturated rings. The van der Waals surface area contributed by atoms with Crippen LogP contribution in [0.3, 0.4) is 0 Å².